The molecule has 2 atom stereocenters. The molecule has 0 rings (SSSR count). The van der Waals surface area contributed by atoms with E-state index >= 15 is 0 Å². The summed E-state index contributed by atoms with van der Waals surface area (Å²) in [6.45, 7) is 4.89. The van der Waals surface area contributed by atoms with E-state index in [-0.39, 0.29) is 32.2 Å². The normalized spacial score (nSPS) is 12.9. The van der Waals surface area contributed by atoms with Gasteiger partial charge in [-0.1, -0.05) is 180 Å². The number of carbonyl (C=O) groups excluding carboxylic acids is 2. The number of likely N-dealkylation sites (N-methyl/N-ethyl adjacent to an activating group) is 1. The third kappa shape index (κ3) is 42.0. The molecule has 9 heteroatoms. The third-order valence-electron chi connectivity index (χ3n) is 10.5. The smallest absolute Gasteiger partial charge is 0.361 e. The Bertz CT molecular complexity index is 949. The molecule has 0 radical (unpaired) electrons. The Morgan fingerprint density at radius 2 is 0.895 bits per heavy atom. The minimum atomic E-state index is -1.50. The Balaban J connectivity index is 4.36. The Labute approximate surface area is 351 Å². The van der Waals surface area contributed by atoms with E-state index in [1.807, 2.05) is 21.1 Å². The fraction of sp³-hybridized carbons (Fsp3) is 0.896. The van der Waals surface area contributed by atoms with E-state index in [0.717, 1.165) is 38.5 Å². The summed E-state index contributed by atoms with van der Waals surface area (Å²) in [5.41, 5.74) is 0. The molecule has 0 amide bonds. The number of aliphatic carboxylic acids is 1. The number of allylic oxidation sites excluding steroid dienone is 2. The fourth-order valence-electron chi connectivity index (χ4n) is 6.77. The lowest BCUT2D eigenvalue weighted by Crippen LogP contribution is -2.40. The van der Waals surface area contributed by atoms with Crippen molar-refractivity contribution in [3.63, 3.8) is 0 Å². The molecule has 1 N–H and O–H groups in total. The molecule has 0 aliphatic rings. The number of esters is 2. The first-order valence-electron chi connectivity index (χ1n) is 23.9. The van der Waals surface area contributed by atoms with Crippen molar-refractivity contribution in [1.29, 1.82) is 0 Å². The first kappa shape index (κ1) is 55.0. The Morgan fingerprint density at radius 3 is 1.30 bits per heavy atom. The predicted octanol–water partition coefficient (Wildman–Crippen LogP) is 12.7. The summed E-state index contributed by atoms with van der Waals surface area (Å²) < 4.78 is 22.8. The second kappa shape index (κ2) is 40.8. The van der Waals surface area contributed by atoms with Crippen molar-refractivity contribution in [1.82, 2.24) is 0 Å². The van der Waals surface area contributed by atoms with Gasteiger partial charge < -0.3 is 28.5 Å². The number of unbranched alkanes of at least 4 members (excludes halogenated alkanes) is 27. The van der Waals surface area contributed by atoms with Crippen LogP contribution in [0.2, 0.25) is 0 Å². The quantitative estimate of drug-likeness (QED) is 0.0213. The highest BCUT2D eigenvalue weighted by Gasteiger charge is 2.25. The predicted molar refractivity (Wildman–Crippen MR) is 235 cm³/mol. The summed E-state index contributed by atoms with van der Waals surface area (Å²) in [6, 6.07) is 0. The zero-order chi connectivity index (χ0) is 42.1. The molecule has 336 valence electrons. The molecule has 0 bridgehead atoms. The molecule has 0 saturated heterocycles. The van der Waals surface area contributed by atoms with Crippen LogP contribution < -0.4 is 0 Å². The van der Waals surface area contributed by atoms with Gasteiger partial charge in [-0.15, -0.1) is 0 Å². The first-order valence-corrected chi connectivity index (χ1v) is 23.9. The number of quaternary nitrogens is 1. The van der Waals surface area contributed by atoms with Gasteiger partial charge in [0.2, 0.25) is 0 Å². The largest absolute Gasteiger partial charge is 0.477 e. The van der Waals surface area contributed by atoms with Crippen molar-refractivity contribution in [2.45, 2.75) is 232 Å². The highest BCUT2D eigenvalue weighted by Crippen LogP contribution is 2.15. The van der Waals surface area contributed by atoms with Gasteiger partial charge in [0.25, 0.3) is 6.29 Å². The van der Waals surface area contributed by atoms with Crippen molar-refractivity contribution in [3.05, 3.63) is 12.2 Å². The van der Waals surface area contributed by atoms with Crippen LogP contribution in [0.1, 0.15) is 219 Å². The molecule has 2 unspecified atom stereocenters. The number of carbonyl (C=O) groups is 3. The summed E-state index contributed by atoms with van der Waals surface area (Å²) in [6.07, 6.45) is 39.8. The van der Waals surface area contributed by atoms with Crippen molar-refractivity contribution < 1.29 is 42.9 Å². The number of hydrogen-bond acceptors (Lipinski definition) is 7. The van der Waals surface area contributed by atoms with Gasteiger partial charge in [0, 0.05) is 12.8 Å². The summed E-state index contributed by atoms with van der Waals surface area (Å²) >= 11 is 0. The molecule has 0 heterocycles. The maximum absolute atomic E-state index is 12.8. The molecule has 0 fully saturated rings. The summed E-state index contributed by atoms with van der Waals surface area (Å²) in [7, 11) is 5.96. The molecule has 0 saturated carbocycles. The van der Waals surface area contributed by atoms with Crippen LogP contribution >= 0.6 is 0 Å². The summed E-state index contributed by atoms with van der Waals surface area (Å²) in [5, 5.41) is 9.64. The number of carboxylic acid groups (broad SMARTS) is 1. The van der Waals surface area contributed by atoms with Crippen LogP contribution in [0.4, 0.5) is 0 Å². The maximum Gasteiger partial charge on any atom is 0.361 e. The fourth-order valence-corrected chi connectivity index (χ4v) is 6.77. The minimum Gasteiger partial charge on any atom is -0.477 e. The van der Waals surface area contributed by atoms with E-state index in [9.17, 15) is 19.5 Å². The van der Waals surface area contributed by atoms with E-state index in [0.29, 0.717) is 17.4 Å². The van der Waals surface area contributed by atoms with Gasteiger partial charge in [-0.25, -0.2) is 4.79 Å². The molecular formula is C48H92NO8+. The monoisotopic (exact) mass is 811 g/mol. The lowest BCUT2D eigenvalue weighted by Gasteiger charge is -2.25. The molecule has 0 aliphatic heterocycles. The van der Waals surface area contributed by atoms with E-state index in [1.54, 1.807) is 0 Å². The summed E-state index contributed by atoms with van der Waals surface area (Å²) in [5.74, 6) is -1.99. The van der Waals surface area contributed by atoms with Crippen LogP contribution in [0.3, 0.4) is 0 Å². The number of ether oxygens (including phenoxy) is 4. The van der Waals surface area contributed by atoms with Crippen molar-refractivity contribution >= 4 is 17.9 Å². The lowest BCUT2D eigenvalue weighted by atomic mass is 10.0. The van der Waals surface area contributed by atoms with E-state index in [2.05, 4.69) is 26.0 Å². The number of carboxylic acids is 1. The zero-order valence-corrected chi connectivity index (χ0v) is 38.0. The SMILES string of the molecule is CCCCCCCC/C=C\CCCCCCCCCCCC(=O)OC(COC(=O)CCCCCCCCCCCCCCC)COC(OCC[N+](C)(C)C)C(=O)O. The van der Waals surface area contributed by atoms with Crippen LogP contribution in [-0.4, -0.2) is 87.4 Å². The molecule has 9 nitrogen and oxygen atoms in total. The molecule has 0 aromatic heterocycles. The van der Waals surface area contributed by atoms with E-state index in [4.69, 9.17) is 18.9 Å². The standard InChI is InChI=1S/C48H91NO8/c1-6-8-10-12-14-16-18-20-21-22-23-24-25-27-29-31-33-35-37-39-46(51)57-44(43-56-48(47(52)53)54-41-40-49(3,4)5)42-55-45(50)38-36-34-32-30-28-26-19-17-15-13-11-9-7-2/h20-21,44,48H,6-19,22-43H2,1-5H3/p+1/b21-20-. The molecule has 0 spiro atoms. The van der Waals surface area contributed by atoms with Crippen LogP contribution in [0, 0.1) is 0 Å². The van der Waals surface area contributed by atoms with Crippen LogP contribution in [-0.2, 0) is 33.3 Å². The van der Waals surface area contributed by atoms with Gasteiger partial charge in [0.05, 0.1) is 34.4 Å². The molecule has 0 aromatic rings. The van der Waals surface area contributed by atoms with Crippen LogP contribution in [0.5, 0.6) is 0 Å². The van der Waals surface area contributed by atoms with Crippen LogP contribution in [0.15, 0.2) is 12.2 Å². The van der Waals surface area contributed by atoms with Gasteiger partial charge in [-0.2, -0.15) is 0 Å². The first-order chi connectivity index (χ1) is 27.6. The van der Waals surface area contributed by atoms with Crippen LogP contribution in [0.25, 0.3) is 0 Å². The van der Waals surface area contributed by atoms with Gasteiger partial charge >= 0.3 is 17.9 Å². The third-order valence-corrected chi connectivity index (χ3v) is 10.5. The van der Waals surface area contributed by atoms with Crippen molar-refractivity contribution in [2.24, 2.45) is 0 Å². The lowest BCUT2D eigenvalue weighted by molar-refractivity contribution is -0.870. The molecule has 0 aliphatic carbocycles. The van der Waals surface area contributed by atoms with Gasteiger partial charge in [-0.3, -0.25) is 9.59 Å². The zero-order valence-electron chi connectivity index (χ0n) is 38.0. The minimum absolute atomic E-state index is 0.177. The topological polar surface area (TPSA) is 108 Å². The molecule has 57 heavy (non-hydrogen) atoms. The van der Waals surface area contributed by atoms with Gasteiger partial charge in [0.15, 0.2) is 6.10 Å². The second-order valence-electron chi connectivity index (χ2n) is 17.4. The Kier molecular flexibility index (Phi) is 39.4. The number of rotatable bonds is 44. The molecule has 0 aromatic carbocycles. The maximum atomic E-state index is 12.8. The molecular weight excluding hydrogens is 719 g/mol. The Morgan fingerprint density at radius 1 is 0.509 bits per heavy atom. The number of nitrogens with zero attached hydrogens (tertiary/aromatic N) is 1. The van der Waals surface area contributed by atoms with Gasteiger partial charge in [-0.05, 0) is 38.5 Å². The highest BCUT2D eigenvalue weighted by atomic mass is 16.7. The van der Waals surface area contributed by atoms with Crippen molar-refractivity contribution in [2.75, 3.05) is 47.5 Å². The van der Waals surface area contributed by atoms with E-state index < -0.39 is 24.3 Å². The highest BCUT2D eigenvalue weighted by molar-refractivity contribution is 5.71. The average Bonchev–Trinajstić information content (AvgIpc) is 3.17. The second-order valence-corrected chi connectivity index (χ2v) is 17.4. The van der Waals surface area contributed by atoms with Gasteiger partial charge in [0.1, 0.15) is 13.2 Å². The number of hydrogen-bond donors (Lipinski definition) is 1. The van der Waals surface area contributed by atoms with Crippen molar-refractivity contribution in [3.8, 4) is 0 Å². The summed E-state index contributed by atoms with van der Waals surface area (Å²) in [4.78, 5) is 37.1. The van der Waals surface area contributed by atoms with E-state index in [1.165, 1.54) is 154 Å². The average molecular weight is 811 g/mol. The Hall–Kier alpha value is -1.97.